The molecule has 2 aromatic rings. The van der Waals surface area contributed by atoms with E-state index in [0.717, 1.165) is 12.8 Å². The second kappa shape index (κ2) is 4.34. The highest BCUT2D eigenvalue weighted by atomic mass is 16.5. The molecule has 2 aromatic heterocycles. The van der Waals surface area contributed by atoms with E-state index in [9.17, 15) is 0 Å². The molecule has 1 atom stereocenters. The van der Waals surface area contributed by atoms with Gasteiger partial charge in [-0.1, -0.05) is 13.3 Å². The van der Waals surface area contributed by atoms with Crippen LogP contribution in [0.15, 0.2) is 12.4 Å². The van der Waals surface area contributed by atoms with Crippen molar-refractivity contribution in [1.82, 2.24) is 19.6 Å². The van der Waals surface area contributed by atoms with Crippen LogP contribution < -0.4 is 10.5 Å². The highest BCUT2D eigenvalue weighted by Gasteiger charge is 2.09. The Morgan fingerprint density at radius 3 is 3.12 bits per heavy atom. The van der Waals surface area contributed by atoms with E-state index in [1.165, 1.54) is 0 Å². The highest BCUT2D eigenvalue weighted by molar-refractivity contribution is 5.58. The fourth-order valence-electron chi connectivity index (χ4n) is 1.52. The van der Waals surface area contributed by atoms with E-state index in [2.05, 4.69) is 22.0 Å². The number of imidazole rings is 1. The second-order valence-corrected chi connectivity index (χ2v) is 3.69. The van der Waals surface area contributed by atoms with E-state index in [1.807, 2.05) is 6.92 Å². The van der Waals surface area contributed by atoms with Crippen molar-refractivity contribution >= 4 is 11.5 Å². The van der Waals surface area contributed by atoms with Gasteiger partial charge in [-0.15, -0.1) is 5.10 Å². The van der Waals surface area contributed by atoms with E-state index in [1.54, 1.807) is 16.9 Å². The lowest BCUT2D eigenvalue weighted by atomic mass is 10.2. The van der Waals surface area contributed by atoms with Gasteiger partial charge < -0.3 is 10.5 Å². The summed E-state index contributed by atoms with van der Waals surface area (Å²) in [5, 5.41) is 4.16. The predicted octanol–water partition coefficient (Wildman–Crippen LogP) is 1.27. The second-order valence-electron chi connectivity index (χ2n) is 3.69. The number of rotatable bonds is 4. The summed E-state index contributed by atoms with van der Waals surface area (Å²) in [6, 6.07) is 0.295. The Morgan fingerprint density at radius 2 is 2.38 bits per heavy atom. The van der Waals surface area contributed by atoms with Crippen LogP contribution in [0.25, 0.3) is 5.65 Å². The van der Waals surface area contributed by atoms with Gasteiger partial charge in [-0.05, 0) is 13.3 Å². The number of fused-ring (bicyclic) bond motifs is 1. The Hall–Kier alpha value is -1.85. The standard InChI is InChI=1S/C10H15N5O/c1-3-4-7(2)16-10-13-8(11)9-12-5-6-15(9)14-10/h5-7H,3-4H2,1-2H3,(H2,11,13,14)/t7-/m0/s1. The molecule has 0 radical (unpaired) electrons. The van der Waals surface area contributed by atoms with Crippen molar-refractivity contribution in [3.63, 3.8) is 0 Å². The quantitative estimate of drug-likeness (QED) is 0.841. The summed E-state index contributed by atoms with van der Waals surface area (Å²) in [4.78, 5) is 8.09. The molecule has 0 spiro atoms. The van der Waals surface area contributed by atoms with E-state index < -0.39 is 0 Å². The monoisotopic (exact) mass is 221 g/mol. The topological polar surface area (TPSA) is 78.3 Å². The van der Waals surface area contributed by atoms with Crippen molar-refractivity contribution in [1.29, 1.82) is 0 Å². The maximum Gasteiger partial charge on any atom is 0.336 e. The van der Waals surface area contributed by atoms with E-state index in [4.69, 9.17) is 10.5 Å². The zero-order valence-corrected chi connectivity index (χ0v) is 9.42. The largest absolute Gasteiger partial charge is 0.459 e. The van der Waals surface area contributed by atoms with Crippen LogP contribution in [0.1, 0.15) is 26.7 Å². The summed E-state index contributed by atoms with van der Waals surface area (Å²) in [6.45, 7) is 4.09. The maximum atomic E-state index is 5.74. The fourth-order valence-corrected chi connectivity index (χ4v) is 1.52. The van der Waals surface area contributed by atoms with Crippen molar-refractivity contribution < 1.29 is 4.74 Å². The lowest BCUT2D eigenvalue weighted by Gasteiger charge is -2.11. The van der Waals surface area contributed by atoms with Crippen LogP contribution in [0.2, 0.25) is 0 Å². The van der Waals surface area contributed by atoms with Crippen molar-refractivity contribution in [2.75, 3.05) is 5.73 Å². The molecule has 0 unspecified atom stereocenters. The molecule has 2 heterocycles. The average molecular weight is 221 g/mol. The fraction of sp³-hybridized carbons (Fsp3) is 0.500. The molecule has 0 aromatic carbocycles. The molecular formula is C10H15N5O. The molecule has 0 saturated carbocycles. The molecule has 6 heteroatoms. The molecule has 0 bridgehead atoms. The minimum absolute atomic E-state index is 0.0883. The lowest BCUT2D eigenvalue weighted by molar-refractivity contribution is 0.189. The van der Waals surface area contributed by atoms with Crippen LogP contribution in [0.3, 0.4) is 0 Å². The SMILES string of the molecule is CCC[C@H](C)Oc1nc(N)c2nccn2n1. The number of nitrogens with zero attached hydrogens (tertiary/aromatic N) is 4. The molecule has 0 aliphatic heterocycles. The zero-order chi connectivity index (χ0) is 11.5. The third-order valence-electron chi connectivity index (χ3n) is 2.26. The normalized spacial score (nSPS) is 12.9. The Balaban J connectivity index is 2.24. The number of ether oxygens (including phenoxy) is 1. The van der Waals surface area contributed by atoms with Crippen LogP contribution in [0, 0.1) is 0 Å². The molecule has 6 nitrogen and oxygen atoms in total. The molecule has 2 rings (SSSR count). The number of nitrogens with two attached hydrogens (primary N) is 1. The van der Waals surface area contributed by atoms with Gasteiger partial charge >= 0.3 is 6.01 Å². The molecule has 0 aliphatic carbocycles. The Labute approximate surface area is 93.5 Å². The first-order valence-corrected chi connectivity index (χ1v) is 5.34. The molecule has 0 fully saturated rings. The lowest BCUT2D eigenvalue weighted by Crippen LogP contribution is -2.15. The van der Waals surface area contributed by atoms with Gasteiger partial charge in [0.25, 0.3) is 0 Å². The Bertz CT molecular complexity index is 481. The van der Waals surface area contributed by atoms with Crippen LogP contribution in [-0.4, -0.2) is 25.7 Å². The third kappa shape index (κ3) is 2.05. The van der Waals surface area contributed by atoms with Gasteiger partial charge in [0.15, 0.2) is 11.5 Å². The van der Waals surface area contributed by atoms with Gasteiger partial charge in [0.1, 0.15) is 0 Å². The number of hydrogen-bond donors (Lipinski definition) is 1. The smallest absolute Gasteiger partial charge is 0.336 e. The van der Waals surface area contributed by atoms with Gasteiger partial charge in [0.2, 0.25) is 0 Å². The summed E-state index contributed by atoms with van der Waals surface area (Å²) in [5.41, 5.74) is 6.29. The van der Waals surface area contributed by atoms with Crippen LogP contribution in [-0.2, 0) is 0 Å². The van der Waals surface area contributed by atoms with Crippen LogP contribution >= 0.6 is 0 Å². The zero-order valence-electron chi connectivity index (χ0n) is 9.42. The van der Waals surface area contributed by atoms with Crippen molar-refractivity contribution in [2.45, 2.75) is 32.8 Å². The first-order valence-electron chi connectivity index (χ1n) is 5.34. The third-order valence-corrected chi connectivity index (χ3v) is 2.26. The Kier molecular flexibility index (Phi) is 2.89. The van der Waals surface area contributed by atoms with E-state index in [0.29, 0.717) is 17.5 Å². The Morgan fingerprint density at radius 1 is 1.56 bits per heavy atom. The molecule has 0 aliphatic rings. The molecule has 16 heavy (non-hydrogen) atoms. The first kappa shape index (κ1) is 10.7. The summed E-state index contributed by atoms with van der Waals surface area (Å²) < 4.78 is 7.13. The molecule has 0 saturated heterocycles. The average Bonchev–Trinajstić information content (AvgIpc) is 2.66. The number of nitrogen functional groups attached to an aromatic ring is 1. The van der Waals surface area contributed by atoms with Crippen LogP contribution in [0.4, 0.5) is 5.82 Å². The summed E-state index contributed by atoms with van der Waals surface area (Å²) in [7, 11) is 0. The van der Waals surface area contributed by atoms with E-state index in [-0.39, 0.29) is 6.10 Å². The van der Waals surface area contributed by atoms with Crippen molar-refractivity contribution in [3.05, 3.63) is 12.4 Å². The van der Waals surface area contributed by atoms with Gasteiger partial charge in [0.05, 0.1) is 6.10 Å². The summed E-state index contributed by atoms with van der Waals surface area (Å²) >= 11 is 0. The van der Waals surface area contributed by atoms with Gasteiger partial charge in [-0.25, -0.2) is 9.50 Å². The molecular weight excluding hydrogens is 206 g/mol. The number of hydrogen-bond acceptors (Lipinski definition) is 5. The van der Waals surface area contributed by atoms with Crippen molar-refractivity contribution in [3.8, 4) is 6.01 Å². The molecule has 0 amide bonds. The number of anilines is 1. The summed E-state index contributed by atoms with van der Waals surface area (Å²) in [5.74, 6) is 0.332. The van der Waals surface area contributed by atoms with Gasteiger partial charge in [-0.2, -0.15) is 4.98 Å². The van der Waals surface area contributed by atoms with Gasteiger partial charge in [-0.3, -0.25) is 0 Å². The number of aromatic nitrogens is 4. The minimum Gasteiger partial charge on any atom is -0.459 e. The molecule has 2 N–H and O–H groups in total. The van der Waals surface area contributed by atoms with Crippen LogP contribution in [0.5, 0.6) is 6.01 Å². The predicted molar refractivity (Wildman–Crippen MR) is 60.2 cm³/mol. The van der Waals surface area contributed by atoms with Gasteiger partial charge in [0, 0.05) is 12.4 Å². The van der Waals surface area contributed by atoms with Crippen molar-refractivity contribution in [2.24, 2.45) is 0 Å². The highest BCUT2D eigenvalue weighted by Crippen LogP contribution is 2.13. The first-order chi connectivity index (χ1) is 7.70. The molecule has 86 valence electrons. The maximum absolute atomic E-state index is 5.74. The van der Waals surface area contributed by atoms with E-state index >= 15 is 0 Å². The minimum atomic E-state index is 0.0883. The summed E-state index contributed by atoms with van der Waals surface area (Å²) in [6.07, 6.45) is 5.45.